The summed E-state index contributed by atoms with van der Waals surface area (Å²) in [5, 5.41) is 0. The average Bonchev–Trinajstić information content (AvgIpc) is 2.26. The van der Waals surface area contributed by atoms with Gasteiger partial charge in [-0.15, -0.1) is 0 Å². The second-order valence-electron chi connectivity index (χ2n) is 4.41. The number of rotatable bonds is 3. The molecule has 19 heavy (non-hydrogen) atoms. The van der Waals surface area contributed by atoms with Crippen LogP contribution >= 0.6 is 0 Å². The van der Waals surface area contributed by atoms with E-state index in [9.17, 15) is 13.2 Å². The van der Waals surface area contributed by atoms with Gasteiger partial charge in [0.05, 0.1) is 19.8 Å². The average molecular weight is 301 g/mol. The summed E-state index contributed by atoms with van der Waals surface area (Å²) in [7, 11) is -3.80. The number of hydrogen-bond donors (Lipinski definition) is 0. The lowest BCUT2D eigenvalue weighted by Gasteiger charge is -2.30. The van der Waals surface area contributed by atoms with E-state index >= 15 is 0 Å². The van der Waals surface area contributed by atoms with Gasteiger partial charge in [-0.2, -0.15) is 13.2 Å². The van der Waals surface area contributed by atoms with Crippen molar-refractivity contribution in [2.45, 2.75) is 25.3 Å². The Morgan fingerprint density at radius 3 is 2.16 bits per heavy atom. The summed E-state index contributed by atoms with van der Waals surface area (Å²) in [6.45, 7) is 4.68. The molecular formula is C11H18F3NO3S. The molecule has 0 spiro atoms. The van der Waals surface area contributed by atoms with Gasteiger partial charge in [-0.1, -0.05) is 19.4 Å². The second-order valence-corrected chi connectivity index (χ2v) is 5.78. The summed E-state index contributed by atoms with van der Waals surface area (Å²) in [6, 6.07) is 0. The Balaban J connectivity index is 0.000000362. The van der Waals surface area contributed by atoms with E-state index in [1.165, 1.54) is 19.4 Å². The van der Waals surface area contributed by atoms with Crippen LogP contribution in [0.4, 0.5) is 13.2 Å². The molecule has 0 saturated carbocycles. The number of alkyl halides is 3. The molecule has 1 rings (SSSR count). The second kappa shape index (κ2) is 7.06. The lowest BCUT2D eigenvalue weighted by molar-refractivity contribution is -0.854. The quantitative estimate of drug-likeness (QED) is 0.457. The van der Waals surface area contributed by atoms with Crippen molar-refractivity contribution in [3.05, 3.63) is 24.4 Å². The maximum Gasteiger partial charge on any atom is 0.485 e. The molecule has 1 unspecified atom stereocenters. The van der Waals surface area contributed by atoms with Gasteiger partial charge in [-0.3, -0.25) is 4.48 Å². The predicted octanol–water partition coefficient (Wildman–Crippen LogP) is 2.37. The van der Waals surface area contributed by atoms with Crippen molar-refractivity contribution >= 4 is 10.1 Å². The number of halogens is 3. The Labute approximate surface area is 111 Å². The molecule has 0 aliphatic carbocycles. The lowest BCUT2D eigenvalue weighted by Crippen LogP contribution is -2.40. The van der Waals surface area contributed by atoms with Crippen LogP contribution in [0.25, 0.3) is 0 Å². The van der Waals surface area contributed by atoms with Crippen LogP contribution in [0.3, 0.4) is 0 Å². The van der Waals surface area contributed by atoms with Gasteiger partial charge >= 0.3 is 5.51 Å². The molecule has 1 aliphatic heterocycles. The van der Waals surface area contributed by atoms with Gasteiger partial charge in [-0.05, 0) is 18.6 Å². The molecule has 0 saturated heterocycles. The third-order valence-electron chi connectivity index (χ3n) is 2.52. The Hall–Kier alpha value is -0.860. The third-order valence-corrected chi connectivity index (χ3v) is 3.09. The molecule has 8 heteroatoms. The summed E-state index contributed by atoms with van der Waals surface area (Å²) in [6.07, 6.45) is 11.4. The van der Waals surface area contributed by atoms with Crippen LogP contribution in [-0.4, -0.2) is 43.1 Å². The molecule has 0 aromatic carbocycles. The molecule has 1 aliphatic rings. The fourth-order valence-corrected chi connectivity index (χ4v) is 1.38. The van der Waals surface area contributed by atoms with Crippen molar-refractivity contribution in [1.29, 1.82) is 0 Å². The predicted molar refractivity (Wildman–Crippen MR) is 64.9 cm³/mol. The molecule has 0 amide bonds. The van der Waals surface area contributed by atoms with Crippen molar-refractivity contribution in [3.63, 3.8) is 0 Å². The molecule has 112 valence electrons. The van der Waals surface area contributed by atoms with Gasteiger partial charge in [0.1, 0.15) is 6.54 Å². The highest BCUT2D eigenvalue weighted by atomic mass is 32.2. The first-order valence-electron chi connectivity index (χ1n) is 5.72. The van der Waals surface area contributed by atoms with Gasteiger partial charge < -0.3 is 4.55 Å². The maximum atomic E-state index is 10.7. The lowest BCUT2D eigenvalue weighted by atomic mass is 10.2. The first kappa shape index (κ1) is 18.1. The topological polar surface area (TPSA) is 57.2 Å². The maximum absolute atomic E-state index is 10.7. The Kier molecular flexibility index (Phi) is 6.74. The standard InChI is InChI=1S/C10H18N.CHF3O3S/c1-3-4-8-11(2)9-6-5-7-10-11;2-1(3,4)8(5,6)7/h5-7,9H,3-4,8,10H2,1-2H3;(H,5,6,7)/q+1;/p-1. The van der Waals surface area contributed by atoms with Crippen molar-refractivity contribution in [2.24, 2.45) is 0 Å². The number of nitrogens with zero attached hydrogens (tertiary/aromatic N) is 1. The van der Waals surface area contributed by atoms with Crippen molar-refractivity contribution < 1.29 is 30.6 Å². The van der Waals surface area contributed by atoms with Crippen molar-refractivity contribution in [1.82, 2.24) is 0 Å². The summed E-state index contributed by atoms with van der Waals surface area (Å²) >= 11 is 0. The minimum atomic E-state index is -6.09. The van der Waals surface area contributed by atoms with Crippen LogP contribution < -0.4 is 0 Å². The fraction of sp³-hybridized carbons (Fsp3) is 0.636. The first-order chi connectivity index (χ1) is 8.52. The van der Waals surface area contributed by atoms with Crippen molar-refractivity contribution in [3.8, 4) is 0 Å². The van der Waals surface area contributed by atoms with E-state index < -0.39 is 15.6 Å². The van der Waals surface area contributed by atoms with Crippen LogP contribution in [0.5, 0.6) is 0 Å². The molecule has 4 nitrogen and oxygen atoms in total. The zero-order chi connectivity index (χ0) is 15.2. The van der Waals surface area contributed by atoms with E-state index in [1.54, 1.807) is 0 Å². The molecule has 0 radical (unpaired) electrons. The number of hydrogen-bond acceptors (Lipinski definition) is 3. The first-order valence-corrected chi connectivity index (χ1v) is 7.13. The summed E-state index contributed by atoms with van der Waals surface area (Å²) in [4.78, 5) is 0. The largest absolute Gasteiger partial charge is 0.741 e. The van der Waals surface area contributed by atoms with Crippen LogP contribution in [0, 0.1) is 0 Å². The molecule has 0 aromatic rings. The van der Waals surface area contributed by atoms with Crippen LogP contribution in [0.2, 0.25) is 0 Å². The highest BCUT2D eigenvalue weighted by molar-refractivity contribution is 7.86. The minimum absolute atomic E-state index is 1.09. The van der Waals surface area contributed by atoms with E-state index in [-0.39, 0.29) is 0 Å². The molecule has 0 fully saturated rings. The summed E-state index contributed by atoms with van der Waals surface area (Å²) in [5.41, 5.74) is -5.65. The fourth-order valence-electron chi connectivity index (χ4n) is 1.38. The zero-order valence-corrected chi connectivity index (χ0v) is 11.7. The normalized spacial score (nSPS) is 22.8. The van der Waals surface area contributed by atoms with Crippen LogP contribution in [0.1, 0.15) is 19.8 Å². The molecule has 1 heterocycles. The van der Waals surface area contributed by atoms with Gasteiger partial charge in [0.25, 0.3) is 0 Å². The SMILES string of the molecule is CCCC[N+]1(C)C=CC=CC1.O=S(=O)([O-])C(F)(F)F. The monoisotopic (exact) mass is 301 g/mol. The van der Waals surface area contributed by atoms with E-state index in [0.29, 0.717) is 0 Å². The molecule has 0 aromatic heterocycles. The smallest absolute Gasteiger partial charge is 0.485 e. The van der Waals surface area contributed by atoms with Crippen LogP contribution in [-0.2, 0) is 10.1 Å². The number of unbranched alkanes of at least 4 members (excludes halogenated alkanes) is 1. The Morgan fingerprint density at radius 2 is 1.84 bits per heavy atom. The highest BCUT2D eigenvalue weighted by Crippen LogP contribution is 2.20. The van der Waals surface area contributed by atoms with E-state index in [0.717, 1.165) is 11.0 Å². The number of quaternary nitrogens is 1. The highest BCUT2D eigenvalue weighted by Gasteiger charge is 2.36. The summed E-state index contributed by atoms with van der Waals surface area (Å²) in [5.74, 6) is 0. The molecule has 0 N–H and O–H groups in total. The Bertz CT molecular complexity index is 429. The van der Waals surface area contributed by atoms with Gasteiger partial charge in [0.2, 0.25) is 0 Å². The van der Waals surface area contributed by atoms with E-state index in [2.05, 4.69) is 38.4 Å². The van der Waals surface area contributed by atoms with Gasteiger partial charge in [-0.25, -0.2) is 8.42 Å². The van der Waals surface area contributed by atoms with Crippen molar-refractivity contribution in [2.75, 3.05) is 20.1 Å². The molecule has 0 bridgehead atoms. The van der Waals surface area contributed by atoms with E-state index in [1.807, 2.05) is 0 Å². The molecular weight excluding hydrogens is 283 g/mol. The third kappa shape index (κ3) is 7.34. The van der Waals surface area contributed by atoms with Gasteiger partial charge in [0, 0.05) is 0 Å². The van der Waals surface area contributed by atoms with E-state index in [4.69, 9.17) is 13.0 Å². The minimum Gasteiger partial charge on any atom is -0.741 e. The van der Waals surface area contributed by atoms with Crippen LogP contribution in [0.15, 0.2) is 24.4 Å². The molecule has 1 atom stereocenters. The Morgan fingerprint density at radius 1 is 1.32 bits per heavy atom. The number of allylic oxidation sites excluding steroid dienone is 2. The van der Waals surface area contributed by atoms with Gasteiger partial charge in [0.15, 0.2) is 10.1 Å². The summed E-state index contributed by atoms with van der Waals surface area (Å²) < 4.78 is 60.0. The zero-order valence-electron chi connectivity index (χ0n) is 10.9. The number of likely N-dealkylation sites (N-methyl/N-ethyl adjacent to an activating group) is 1.